The lowest BCUT2D eigenvalue weighted by atomic mass is 10.2. The Bertz CT molecular complexity index is 1020. The molecule has 7 nitrogen and oxygen atoms in total. The Morgan fingerprint density at radius 3 is 2.19 bits per heavy atom. The average molecular weight is 475 g/mol. The van der Waals surface area contributed by atoms with E-state index in [0.717, 1.165) is 40.4 Å². The second kappa shape index (κ2) is 10.6. The topological polar surface area (TPSA) is 84.9 Å². The van der Waals surface area contributed by atoms with Gasteiger partial charge in [-0.15, -0.1) is 0 Å². The van der Waals surface area contributed by atoms with Gasteiger partial charge in [0.05, 0.1) is 31.7 Å². The third-order valence-corrected chi connectivity index (χ3v) is 5.78. The Balaban J connectivity index is 1.93. The van der Waals surface area contributed by atoms with Crippen LogP contribution in [0, 0.1) is 0 Å². The first kappa shape index (κ1) is 25.3. The lowest BCUT2D eigenvalue weighted by Crippen LogP contribution is -2.32. The number of hydrogen-bond donors (Lipinski definition) is 1. The van der Waals surface area contributed by atoms with Gasteiger partial charge in [-0.25, -0.2) is 8.42 Å². The summed E-state index contributed by atoms with van der Waals surface area (Å²) in [6, 6.07) is 9.07. The van der Waals surface area contributed by atoms with Gasteiger partial charge in [0.2, 0.25) is 15.9 Å². The van der Waals surface area contributed by atoms with Crippen LogP contribution in [0.5, 0.6) is 11.5 Å². The van der Waals surface area contributed by atoms with Gasteiger partial charge in [-0.2, -0.15) is 13.2 Å². The molecular formula is C21H25F3N2O5S. The third kappa shape index (κ3) is 7.04. The summed E-state index contributed by atoms with van der Waals surface area (Å²) in [6.07, 6.45) is -3.33. The number of alkyl halides is 3. The number of methoxy groups -OCH3 is 2. The van der Waals surface area contributed by atoms with E-state index in [-0.39, 0.29) is 37.5 Å². The molecule has 0 radical (unpaired) electrons. The van der Waals surface area contributed by atoms with Gasteiger partial charge in [0, 0.05) is 19.5 Å². The molecule has 0 heterocycles. The number of nitrogens with one attached hydrogen (secondary N) is 1. The number of halogens is 3. The van der Waals surface area contributed by atoms with Crippen LogP contribution in [0.2, 0.25) is 0 Å². The minimum Gasteiger partial charge on any atom is -0.493 e. The van der Waals surface area contributed by atoms with Crippen molar-refractivity contribution in [3.05, 3.63) is 53.6 Å². The Hall–Kier alpha value is -2.95. The van der Waals surface area contributed by atoms with Gasteiger partial charge in [-0.1, -0.05) is 6.07 Å². The number of benzene rings is 2. The van der Waals surface area contributed by atoms with E-state index in [2.05, 4.69) is 5.32 Å². The molecule has 0 aliphatic heterocycles. The molecule has 0 unspecified atom stereocenters. The maximum absolute atomic E-state index is 12.7. The number of hydrogen-bond acceptors (Lipinski definition) is 5. The second-order valence-electron chi connectivity index (χ2n) is 6.95. The van der Waals surface area contributed by atoms with E-state index in [1.807, 2.05) is 0 Å². The van der Waals surface area contributed by atoms with Gasteiger partial charge in [0.15, 0.2) is 11.5 Å². The predicted molar refractivity (Wildman–Crippen MR) is 114 cm³/mol. The SMILES string of the molecule is COc1ccc(CNC(=O)CCCN(c2ccc(C(F)(F)F)cc2)S(C)(=O)=O)cc1OC. The predicted octanol–water partition coefficient (Wildman–Crippen LogP) is 3.59. The van der Waals surface area contributed by atoms with Crippen LogP contribution >= 0.6 is 0 Å². The summed E-state index contributed by atoms with van der Waals surface area (Å²) in [5.74, 6) is 0.798. The van der Waals surface area contributed by atoms with E-state index in [4.69, 9.17) is 9.47 Å². The molecule has 0 aliphatic carbocycles. The summed E-state index contributed by atoms with van der Waals surface area (Å²) < 4.78 is 73.7. The van der Waals surface area contributed by atoms with Gasteiger partial charge in [0.25, 0.3) is 0 Å². The Morgan fingerprint density at radius 2 is 1.66 bits per heavy atom. The zero-order chi connectivity index (χ0) is 23.9. The molecule has 176 valence electrons. The number of anilines is 1. The first-order valence-corrected chi connectivity index (χ1v) is 11.4. The van der Waals surface area contributed by atoms with Crippen molar-refractivity contribution >= 4 is 21.6 Å². The fourth-order valence-electron chi connectivity index (χ4n) is 2.97. The van der Waals surface area contributed by atoms with Crippen LogP contribution < -0.4 is 19.1 Å². The summed E-state index contributed by atoms with van der Waals surface area (Å²) in [5, 5.41) is 2.74. The lowest BCUT2D eigenvalue weighted by Gasteiger charge is -2.22. The Labute approximate surface area is 185 Å². The molecule has 0 aromatic heterocycles. The zero-order valence-electron chi connectivity index (χ0n) is 17.9. The van der Waals surface area contributed by atoms with E-state index < -0.39 is 21.8 Å². The average Bonchev–Trinajstić information content (AvgIpc) is 2.73. The van der Waals surface area contributed by atoms with E-state index >= 15 is 0 Å². The van der Waals surface area contributed by atoms with Crippen molar-refractivity contribution in [3.63, 3.8) is 0 Å². The number of rotatable bonds is 10. The molecule has 0 spiro atoms. The number of nitrogens with zero attached hydrogens (tertiary/aromatic N) is 1. The summed E-state index contributed by atoms with van der Waals surface area (Å²) in [4.78, 5) is 12.2. The van der Waals surface area contributed by atoms with Crippen LogP contribution in [0.15, 0.2) is 42.5 Å². The quantitative estimate of drug-likeness (QED) is 0.569. The number of carbonyl (C=O) groups is 1. The molecule has 2 aromatic rings. The number of carbonyl (C=O) groups excluding carboxylic acids is 1. The van der Waals surface area contributed by atoms with Crippen LogP contribution in [0.4, 0.5) is 18.9 Å². The second-order valence-corrected chi connectivity index (χ2v) is 8.86. The van der Waals surface area contributed by atoms with Crippen LogP contribution in [0.25, 0.3) is 0 Å². The molecule has 32 heavy (non-hydrogen) atoms. The van der Waals surface area contributed by atoms with Gasteiger partial charge in [-0.05, 0) is 48.4 Å². The van der Waals surface area contributed by atoms with Crippen LogP contribution in [0.3, 0.4) is 0 Å². The third-order valence-electron chi connectivity index (χ3n) is 4.59. The highest BCUT2D eigenvalue weighted by atomic mass is 32.2. The van der Waals surface area contributed by atoms with Gasteiger partial charge >= 0.3 is 6.18 Å². The van der Waals surface area contributed by atoms with Crippen LogP contribution in [-0.4, -0.2) is 41.3 Å². The standard InChI is InChI=1S/C21H25F3N2O5S/c1-30-18-11-6-15(13-19(18)31-2)14-25-20(27)5-4-12-26(32(3,28)29)17-9-7-16(8-10-17)21(22,23)24/h6-11,13H,4-5,12,14H2,1-3H3,(H,25,27). The zero-order valence-corrected chi connectivity index (χ0v) is 18.7. The summed E-state index contributed by atoms with van der Waals surface area (Å²) in [6.45, 7) is 0.196. The van der Waals surface area contributed by atoms with Crippen molar-refractivity contribution in [1.82, 2.24) is 5.32 Å². The molecule has 1 N–H and O–H groups in total. The van der Waals surface area contributed by atoms with E-state index in [0.29, 0.717) is 11.5 Å². The first-order valence-electron chi connectivity index (χ1n) is 9.58. The number of amides is 1. The largest absolute Gasteiger partial charge is 0.493 e. The van der Waals surface area contributed by atoms with Gasteiger partial charge < -0.3 is 14.8 Å². The van der Waals surface area contributed by atoms with Crippen molar-refractivity contribution in [2.45, 2.75) is 25.6 Å². The van der Waals surface area contributed by atoms with E-state index in [1.54, 1.807) is 18.2 Å². The van der Waals surface area contributed by atoms with Gasteiger partial charge in [0.1, 0.15) is 0 Å². The highest BCUT2D eigenvalue weighted by Gasteiger charge is 2.30. The van der Waals surface area contributed by atoms with Gasteiger partial charge in [-0.3, -0.25) is 9.10 Å². The molecule has 11 heteroatoms. The summed E-state index contributed by atoms with van der Waals surface area (Å²) >= 11 is 0. The molecule has 2 aromatic carbocycles. The van der Waals surface area contributed by atoms with Crippen molar-refractivity contribution in [1.29, 1.82) is 0 Å². The van der Waals surface area contributed by atoms with Crippen molar-refractivity contribution < 1.29 is 35.9 Å². The molecule has 0 saturated heterocycles. The highest BCUT2D eigenvalue weighted by Crippen LogP contribution is 2.31. The molecule has 0 atom stereocenters. The maximum atomic E-state index is 12.7. The molecule has 1 amide bonds. The number of sulfonamides is 1. The highest BCUT2D eigenvalue weighted by molar-refractivity contribution is 7.92. The lowest BCUT2D eigenvalue weighted by molar-refractivity contribution is -0.137. The van der Waals surface area contributed by atoms with Crippen molar-refractivity contribution in [3.8, 4) is 11.5 Å². The smallest absolute Gasteiger partial charge is 0.416 e. The van der Waals surface area contributed by atoms with E-state index in [1.165, 1.54) is 14.2 Å². The minimum atomic E-state index is -4.51. The van der Waals surface area contributed by atoms with Crippen LogP contribution in [0.1, 0.15) is 24.0 Å². The fourth-order valence-corrected chi connectivity index (χ4v) is 3.93. The monoisotopic (exact) mass is 474 g/mol. The van der Waals surface area contributed by atoms with Crippen LogP contribution in [-0.2, 0) is 27.5 Å². The normalized spacial score (nSPS) is 11.7. The molecular weight excluding hydrogens is 449 g/mol. The molecule has 2 rings (SSSR count). The molecule has 0 saturated carbocycles. The number of ether oxygens (including phenoxy) is 2. The maximum Gasteiger partial charge on any atom is 0.416 e. The van der Waals surface area contributed by atoms with E-state index in [9.17, 15) is 26.4 Å². The minimum absolute atomic E-state index is 0.0416. The molecule has 0 bridgehead atoms. The van der Waals surface area contributed by atoms with Crippen molar-refractivity contribution in [2.24, 2.45) is 0 Å². The van der Waals surface area contributed by atoms with Crippen molar-refractivity contribution in [2.75, 3.05) is 31.3 Å². The summed E-state index contributed by atoms with van der Waals surface area (Å²) in [7, 11) is -0.717. The fraction of sp³-hybridized carbons (Fsp3) is 0.381. The Kier molecular flexibility index (Phi) is 8.37. The molecule has 0 fully saturated rings. The summed E-state index contributed by atoms with van der Waals surface area (Å²) in [5.41, 5.74) is 0.0222. The molecule has 0 aliphatic rings. The Morgan fingerprint density at radius 1 is 1.03 bits per heavy atom. The first-order chi connectivity index (χ1) is 15.0.